The molecule has 2 aromatic rings. The molecule has 0 aliphatic rings. The summed E-state index contributed by atoms with van der Waals surface area (Å²) in [6, 6.07) is 3.98. The van der Waals surface area contributed by atoms with E-state index in [1.165, 1.54) is 17.7 Å². The molecule has 160 valence electrons. The number of aromatic amines is 1. The number of rotatable bonds is 8. The van der Waals surface area contributed by atoms with Crippen molar-refractivity contribution in [1.82, 2.24) is 9.88 Å². The summed E-state index contributed by atoms with van der Waals surface area (Å²) in [5.41, 5.74) is 1.97. The number of aliphatic carboxylic acids is 2. The topological polar surface area (TPSA) is 103 Å². The lowest BCUT2D eigenvalue weighted by Gasteiger charge is -2.30. The molecule has 1 aromatic heterocycles. The zero-order valence-electron chi connectivity index (χ0n) is 17.4. The number of fused-ring (bicyclic) bond motifs is 1. The van der Waals surface area contributed by atoms with Crippen molar-refractivity contribution in [3.05, 3.63) is 41.9 Å². The number of aromatic nitrogens is 1. The summed E-state index contributed by atoms with van der Waals surface area (Å²) in [5.74, 6) is -2.19. The molecule has 2 rings (SSSR count). The lowest BCUT2D eigenvalue weighted by Crippen LogP contribution is -2.38. The van der Waals surface area contributed by atoms with Gasteiger partial charge in [0, 0.05) is 48.4 Å². The van der Waals surface area contributed by atoms with Gasteiger partial charge in [-0.25, -0.2) is 14.0 Å². The monoisotopic (exact) mass is 408 g/mol. The maximum Gasteiger partial charge on any atom is 0.328 e. The van der Waals surface area contributed by atoms with Gasteiger partial charge in [0.2, 0.25) is 0 Å². The second-order valence-electron chi connectivity index (χ2n) is 7.03. The molecule has 1 aromatic carbocycles. The van der Waals surface area contributed by atoms with Crippen molar-refractivity contribution in [3.8, 4) is 5.75 Å². The largest absolute Gasteiger partial charge is 0.496 e. The highest BCUT2D eigenvalue weighted by atomic mass is 19.1. The molecule has 0 saturated heterocycles. The van der Waals surface area contributed by atoms with Crippen molar-refractivity contribution in [1.29, 1.82) is 0 Å². The van der Waals surface area contributed by atoms with Crippen molar-refractivity contribution in [2.45, 2.75) is 46.2 Å². The van der Waals surface area contributed by atoms with Gasteiger partial charge in [-0.2, -0.15) is 0 Å². The fraction of sp³-hybridized carbons (Fsp3) is 0.429. The van der Waals surface area contributed by atoms with Gasteiger partial charge in [-0.05, 0) is 45.7 Å². The molecule has 0 bridgehead atoms. The highest BCUT2D eigenvalue weighted by molar-refractivity contribution is 5.90. The molecule has 1 heterocycles. The molecule has 0 saturated carbocycles. The minimum Gasteiger partial charge on any atom is -0.496 e. The second-order valence-corrected chi connectivity index (χ2v) is 7.03. The Labute approximate surface area is 169 Å². The van der Waals surface area contributed by atoms with Gasteiger partial charge in [0.15, 0.2) is 0 Å². The van der Waals surface area contributed by atoms with Gasteiger partial charge in [-0.1, -0.05) is 0 Å². The van der Waals surface area contributed by atoms with E-state index in [4.69, 9.17) is 14.9 Å². The van der Waals surface area contributed by atoms with E-state index in [1.54, 1.807) is 7.11 Å². The lowest BCUT2D eigenvalue weighted by atomic mass is 10.1. The Morgan fingerprint density at radius 2 is 1.69 bits per heavy atom. The van der Waals surface area contributed by atoms with Gasteiger partial charge in [-0.3, -0.25) is 4.90 Å². The maximum absolute atomic E-state index is 13.5. The molecule has 3 N–H and O–H groups in total. The SMILES string of the molecule is COc1cc(F)cc2[nH]cc(CCN(C(C)C)C(C)C)c12.O=C(O)/C=C/C(=O)O. The number of ether oxygens (including phenoxy) is 1. The van der Waals surface area contributed by atoms with Crippen molar-refractivity contribution in [2.24, 2.45) is 0 Å². The molecular formula is C21H29FN2O5. The predicted molar refractivity (Wildman–Crippen MR) is 110 cm³/mol. The number of carboxylic acids is 2. The first kappa shape index (κ1) is 24.2. The van der Waals surface area contributed by atoms with Crippen LogP contribution in [0.4, 0.5) is 4.39 Å². The molecule has 0 fully saturated rings. The van der Waals surface area contributed by atoms with Crippen LogP contribution in [0.5, 0.6) is 5.75 Å². The molecule has 7 nitrogen and oxygen atoms in total. The van der Waals surface area contributed by atoms with Gasteiger partial charge < -0.3 is 19.9 Å². The van der Waals surface area contributed by atoms with Gasteiger partial charge in [0.1, 0.15) is 11.6 Å². The van der Waals surface area contributed by atoms with Crippen molar-refractivity contribution in [2.75, 3.05) is 13.7 Å². The standard InChI is InChI=1S/C17H25FN2O.C4H4O4/c1-11(2)20(12(3)4)7-6-13-10-19-15-8-14(18)9-16(21-5)17(13)15;5-3(6)1-2-4(7)8/h8-12,19H,6-7H2,1-5H3;1-2H,(H,5,6)(H,7,8)/b;2-1+. The third-order valence-corrected chi connectivity index (χ3v) is 4.34. The van der Waals surface area contributed by atoms with Crippen molar-refractivity contribution < 1.29 is 28.9 Å². The van der Waals surface area contributed by atoms with Crippen LogP contribution in [0.1, 0.15) is 33.3 Å². The van der Waals surface area contributed by atoms with E-state index in [9.17, 15) is 14.0 Å². The van der Waals surface area contributed by atoms with E-state index in [0.29, 0.717) is 30.0 Å². The van der Waals surface area contributed by atoms with Gasteiger partial charge in [0.05, 0.1) is 12.6 Å². The zero-order valence-corrected chi connectivity index (χ0v) is 17.4. The normalized spacial score (nSPS) is 11.3. The quantitative estimate of drug-likeness (QED) is 0.576. The lowest BCUT2D eigenvalue weighted by molar-refractivity contribution is -0.134. The van der Waals surface area contributed by atoms with Crippen LogP contribution in [0.3, 0.4) is 0 Å². The summed E-state index contributed by atoms with van der Waals surface area (Å²) in [4.78, 5) is 24.7. The number of carbonyl (C=O) groups is 2. The minimum absolute atomic E-state index is 0.279. The Balaban J connectivity index is 0.000000447. The average molecular weight is 408 g/mol. The molecule has 0 radical (unpaired) electrons. The average Bonchev–Trinajstić information content (AvgIpc) is 3.02. The number of nitrogens with zero attached hydrogens (tertiary/aromatic N) is 1. The van der Waals surface area contributed by atoms with Crippen LogP contribution >= 0.6 is 0 Å². The van der Waals surface area contributed by atoms with Crippen LogP contribution in [0.15, 0.2) is 30.5 Å². The first-order valence-electron chi connectivity index (χ1n) is 9.30. The van der Waals surface area contributed by atoms with E-state index in [0.717, 1.165) is 23.9 Å². The van der Waals surface area contributed by atoms with E-state index in [-0.39, 0.29) is 5.82 Å². The summed E-state index contributed by atoms with van der Waals surface area (Å²) in [7, 11) is 1.58. The van der Waals surface area contributed by atoms with Crippen LogP contribution in [-0.4, -0.2) is 57.8 Å². The van der Waals surface area contributed by atoms with Crippen LogP contribution in [-0.2, 0) is 16.0 Å². The van der Waals surface area contributed by atoms with E-state index < -0.39 is 11.9 Å². The molecule has 0 atom stereocenters. The van der Waals surface area contributed by atoms with E-state index in [1.807, 2.05) is 6.20 Å². The molecule has 0 aliphatic carbocycles. The molecule has 0 unspecified atom stereocenters. The Morgan fingerprint density at radius 3 is 2.14 bits per heavy atom. The molecule has 0 spiro atoms. The number of H-pyrrole nitrogens is 1. The maximum atomic E-state index is 13.5. The molecule has 0 aliphatic heterocycles. The van der Waals surface area contributed by atoms with Crippen LogP contribution in [0, 0.1) is 5.82 Å². The van der Waals surface area contributed by atoms with Crippen molar-refractivity contribution in [3.63, 3.8) is 0 Å². The number of hydrogen-bond acceptors (Lipinski definition) is 4. The smallest absolute Gasteiger partial charge is 0.328 e. The summed E-state index contributed by atoms with van der Waals surface area (Å²) in [5, 5.41) is 16.6. The van der Waals surface area contributed by atoms with E-state index >= 15 is 0 Å². The summed E-state index contributed by atoms with van der Waals surface area (Å²) < 4.78 is 18.8. The zero-order chi connectivity index (χ0) is 22.1. The number of methoxy groups -OCH3 is 1. The highest BCUT2D eigenvalue weighted by Crippen LogP contribution is 2.30. The van der Waals surface area contributed by atoms with Crippen LogP contribution in [0.2, 0.25) is 0 Å². The third-order valence-electron chi connectivity index (χ3n) is 4.34. The molecule has 0 amide bonds. The number of nitrogens with one attached hydrogen (secondary N) is 1. The van der Waals surface area contributed by atoms with Gasteiger partial charge >= 0.3 is 11.9 Å². The summed E-state index contributed by atoms with van der Waals surface area (Å²) in [6.07, 6.45) is 3.99. The van der Waals surface area contributed by atoms with Gasteiger partial charge in [0.25, 0.3) is 0 Å². The first-order chi connectivity index (χ1) is 13.6. The Morgan fingerprint density at radius 1 is 1.14 bits per heavy atom. The van der Waals surface area contributed by atoms with Crippen LogP contribution in [0.25, 0.3) is 10.9 Å². The Hall–Kier alpha value is -2.87. The number of hydrogen-bond donors (Lipinski definition) is 3. The number of carboxylic acid groups (broad SMARTS) is 2. The number of halogens is 1. The van der Waals surface area contributed by atoms with Crippen LogP contribution < -0.4 is 4.74 Å². The summed E-state index contributed by atoms with van der Waals surface area (Å²) in [6.45, 7) is 9.83. The molecule has 29 heavy (non-hydrogen) atoms. The highest BCUT2D eigenvalue weighted by Gasteiger charge is 2.16. The second kappa shape index (κ2) is 11.2. The fourth-order valence-electron chi connectivity index (χ4n) is 3.13. The first-order valence-corrected chi connectivity index (χ1v) is 9.30. The third kappa shape index (κ3) is 7.57. The Bertz CT molecular complexity index is 834. The van der Waals surface area contributed by atoms with Crippen molar-refractivity contribution >= 4 is 22.8 Å². The van der Waals surface area contributed by atoms with Gasteiger partial charge in [-0.15, -0.1) is 0 Å². The summed E-state index contributed by atoms with van der Waals surface area (Å²) >= 11 is 0. The fourth-order valence-corrected chi connectivity index (χ4v) is 3.13. The van der Waals surface area contributed by atoms with E-state index in [2.05, 4.69) is 37.6 Å². The Kier molecular flexibility index (Phi) is 9.34. The minimum atomic E-state index is -1.26. The number of benzene rings is 1. The molecular weight excluding hydrogens is 379 g/mol. The molecule has 8 heteroatoms. The predicted octanol–water partition coefficient (Wildman–Crippen LogP) is 3.69.